The largest absolute Gasteiger partial charge is 0.493 e. The average Bonchev–Trinajstić information content (AvgIpc) is 2.99. The van der Waals surface area contributed by atoms with Crippen molar-refractivity contribution in [1.82, 2.24) is 15.0 Å². The van der Waals surface area contributed by atoms with Gasteiger partial charge < -0.3 is 34.9 Å². The summed E-state index contributed by atoms with van der Waals surface area (Å²) in [6.07, 6.45) is 1.02. The first kappa shape index (κ1) is 31.7. The van der Waals surface area contributed by atoms with Crippen LogP contribution in [0.2, 0.25) is 0 Å². The summed E-state index contributed by atoms with van der Waals surface area (Å²) in [6, 6.07) is 14.0. The van der Waals surface area contributed by atoms with E-state index in [9.17, 15) is 17.6 Å². The molecule has 16 heteroatoms. The van der Waals surface area contributed by atoms with Crippen molar-refractivity contribution in [2.24, 2.45) is 0 Å². The summed E-state index contributed by atoms with van der Waals surface area (Å²) in [7, 11) is 0.494. The van der Waals surface area contributed by atoms with Crippen LogP contribution in [0.15, 0.2) is 65.7 Å². The molecule has 4 aromatic rings. The Bertz CT molecular complexity index is 1750. The lowest BCUT2D eigenvalue weighted by molar-refractivity contribution is -0.129. The molecule has 0 radical (unpaired) electrons. The van der Waals surface area contributed by atoms with Gasteiger partial charge in [-0.15, -0.1) is 0 Å². The highest BCUT2D eigenvalue weighted by molar-refractivity contribution is 7.85. The highest BCUT2D eigenvalue weighted by atomic mass is 32.2. The Morgan fingerprint density at radius 3 is 2.18 bits per heavy atom. The fourth-order valence-corrected chi connectivity index (χ4v) is 4.28. The summed E-state index contributed by atoms with van der Waals surface area (Å²) in [6.45, 7) is 3.30. The van der Waals surface area contributed by atoms with Crippen molar-refractivity contribution in [3.05, 3.63) is 66.6 Å². The van der Waals surface area contributed by atoms with Crippen LogP contribution in [-0.4, -0.2) is 60.8 Å². The second kappa shape index (κ2) is 13.0. The van der Waals surface area contributed by atoms with Gasteiger partial charge in [-0.2, -0.15) is 13.4 Å². The standard InChI is InChI=1S/C22H23FN6O5.C6H6O3S/c1-22(2)20(30)28-19-13(34-22)6-7-16(27-19)26-18-12(23)10-24-21(29-18)25-11-8-14(31-3)17(33-5)15(9-11)32-4;7-10(8,9)6-4-2-1-3-5-6/h6-10H,1-5H3,(H3,24,25,26,27,28,29,30);1-5H,(H,7,8,9). The molecule has 44 heavy (non-hydrogen) atoms. The number of pyridine rings is 1. The molecule has 3 heterocycles. The number of amides is 1. The zero-order valence-corrected chi connectivity index (χ0v) is 25.0. The van der Waals surface area contributed by atoms with Gasteiger partial charge in [-0.1, -0.05) is 18.2 Å². The summed E-state index contributed by atoms with van der Waals surface area (Å²) < 4.78 is 65.3. The second-order valence-electron chi connectivity index (χ2n) is 9.45. The molecule has 0 spiro atoms. The first-order chi connectivity index (χ1) is 20.8. The molecule has 1 amide bonds. The number of hydrogen-bond acceptors (Lipinski definition) is 12. The summed E-state index contributed by atoms with van der Waals surface area (Å²) in [5.74, 6) is 1.10. The van der Waals surface area contributed by atoms with Crippen LogP contribution in [0, 0.1) is 5.82 Å². The third kappa shape index (κ3) is 7.40. The van der Waals surface area contributed by atoms with E-state index in [0.717, 1.165) is 6.20 Å². The van der Waals surface area contributed by atoms with Crippen LogP contribution in [0.3, 0.4) is 0 Å². The quantitative estimate of drug-likeness (QED) is 0.199. The van der Waals surface area contributed by atoms with Crippen molar-refractivity contribution in [3.63, 3.8) is 0 Å². The molecule has 1 aliphatic heterocycles. The van der Waals surface area contributed by atoms with Crippen LogP contribution in [0.25, 0.3) is 0 Å². The third-order valence-electron chi connectivity index (χ3n) is 5.95. The van der Waals surface area contributed by atoms with Gasteiger partial charge in [0.1, 0.15) is 5.82 Å². The van der Waals surface area contributed by atoms with Crippen molar-refractivity contribution in [1.29, 1.82) is 0 Å². The number of aromatic nitrogens is 3. The van der Waals surface area contributed by atoms with E-state index in [1.807, 2.05) is 0 Å². The topological polar surface area (TPSA) is 183 Å². The molecule has 14 nitrogen and oxygen atoms in total. The van der Waals surface area contributed by atoms with Crippen LogP contribution >= 0.6 is 0 Å². The lowest BCUT2D eigenvalue weighted by atomic mass is 10.1. The number of carbonyl (C=O) groups excluding carboxylic acids is 1. The van der Waals surface area contributed by atoms with Crippen LogP contribution in [-0.2, 0) is 14.9 Å². The first-order valence-corrected chi connectivity index (χ1v) is 14.2. The molecule has 4 N–H and O–H groups in total. The monoisotopic (exact) mass is 628 g/mol. The predicted molar refractivity (Wildman–Crippen MR) is 158 cm³/mol. The molecule has 5 rings (SSSR count). The number of nitrogens with zero attached hydrogens (tertiary/aromatic N) is 3. The summed E-state index contributed by atoms with van der Waals surface area (Å²) in [5, 5.41) is 8.45. The molecule has 2 aromatic heterocycles. The fraction of sp³-hybridized carbons (Fsp3) is 0.214. The highest BCUT2D eigenvalue weighted by Gasteiger charge is 2.36. The van der Waals surface area contributed by atoms with E-state index in [1.54, 1.807) is 56.3 Å². The van der Waals surface area contributed by atoms with E-state index in [4.69, 9.17) is 23.5 Å². The van der Waals surface area contributed by atoms with Gasteiger partial charge in [-0.05, 0) is 38.1 Å². The number of anilines is 5. The molecule has 0 unspecified atom stereocenters. The van der Waals surface area contributed by atoms with Gasteiger partial charge in [0.2, 0.25) is 11.7 Å². The van der Waals surface area contributed by atoms with E-state index in [2.05, 4.69) is 30.9 Å². The lowest BCUT2D eigenvalue weighted by Gasteiger charge is -2.30. The maximum atomic E-state index is 14.4. The number of rotatable bonds is 8. The summed E-state index contributed by atoms with van der Waals surface area (Å²) in [5.41, 5.74) is -0.489. The normalized spacial score (nSPS) is 13.2. The Balaban J connectivity index is 0.000000375. The maximum Gasteiger partial charge on any atom is 0.294 e. The van der Waals surface area contributed by atoms with Gasteiger partial charge in [-0.25, -0.2) is 14.4 Å². The number of nitrogens with one attached hydrogen (secondary N) is 3. The number of benzene rings is 2. The molecule has 0 bridgehead atoms. The van der Waals surface area contributed by atoms with Gasteiger partial charge in [0.25, 0.3) is 16.0 Å². The van der Waals surface area contributed by atoms with Crippen molar-refractivity contribution in [2.45, 2.75) is 24.3 Å². The van der Waals surface area contributed by atoms with Crippen molar-refractivity contribution >= 4 is 45.1 Å². The molecular formula is C28H29FN6O8S. The number of ether oxygens (including phenoxy) is 4. The van der Waals surface area contributed by atoms with E-state index >= 15 is 0 Å². The Morgan fingerprint density at radius 2 is 1.61 bits per heavy atom. The number of halogens is 1. The second-order valence-corrected chi connectivity index (χ2v) is 10.9. The fourth-order valence-electron chi connectivity index (χ4n) is 3.78. The zero-order valence-electron chi connectivity index (χ0n) is 24.2. The van der Waals surface area contributed by atoms with Gasteiger partial charge in [-0.3, -0.25) is 9.35 Å². The molecule has 1 aliphatic rings. The number of fused-ring (bicyclic) bond motifs is 1. The smallest absolute Gasteiger partial charge is 0.294 e. The zero-order chi connectivity index (χ0) is 32.1. The van der Waals surface area contributed by atoms with Crippen molar-refractivity contribution < 1.29 is 41.1 Å². The minimum Gasteiger partial charge on any atom is -0.493 e. The Labute approximate surface area is 252 Å². The molecule has 2 aromatic carbocycles. The van der Waals surface area contributed by atoms with Crippen molar-refractivity contribution in [3.8, 4) is 23.0 Å². The molecule has 0 atom stereocenters. The first-order valence-electron chi connectivity index (χ1n) is 12.7. The minimum atomic E-state index is -4.00. The Hall–Kier alpha value is -5.22. The highest BCUT2D eigenvalue weighted by Crippen LogP contribution is 2.40. The molecular weight excluding hydrogens is 599 g/mol. The van der Waals surface area contributed by atoms with Crippen LogP contribution in [0.1, 0.15) is 13.8 Å². The molecule has 232 valence electrons. The third-order valence-corrected chi connectivity index (χ3v) is 6.82. The van der Waals surface area contributed by atoms with E-state index in [1.165, 1.54) is 33.5 Å². The molecule has 0 fully saturated rings. The predicted octanol–water partition coefficient (Wildman–Crippen LogP) is 4.57. The minimum absolute atomic E-state index is 0.0741. The number of carbonyl (C=O) groups is 1. The SMILES string of the molecule is COc1cc(Nc2ncc(F)c(Nc3ccc4c(n3)NC(=O)C(C)(C)O4)n2)cc(OC)c1OC.O=S(=O)(O)c1ccccc1. The Morgan fingerprint density at radius 1 is 0.955 bits per heavy atom. The van der Waals surface area contributed by atoms with Crippen LogP contribution < -0.4 is 34.9 Å². The lowest BCUT2D eigenvalue weighted by Crippen LogP contribution is -2.46. The van der Waals surface area contributed by atoms with Crippen molar-refractivity contribution in [2.75, 3.05) is 37.3 Å². The van der Waals surface area contributed by atoms with Gasteiger partial charge in [0.05, 0.1) is 32.4 Å². The molecule has 0 saturated heterocycles. The van der Waals surface area contributed by atoms with Crippen LogP contribution in [0.4, 0.5) is 33.5 Å². The summed E-state index contributed by atoms with van der Waals surface area (Å²) >= 11 is 0. The molecule has 0 saturated carbocycles. The number of methoxy groups -OCH3 is 3. The maximum absolute atomic E-state index is 14.4. The van der Waals surface area contributed by atoms with E-state index < -0.39 is 21.5 Å². The van der Waals surface area contributed by atoms with E-state index in [-0.39, 0.29) is 34.2 Å². The van der Waals surface area contributed by atoms with Gasteiger partial charge in [0.15, 0.2) is 40.3 Å². The van der Waals surface area contributed by atoms with Crippen LogP contribution in [0.5, 0.6) is 23.0 Å². The number of hydrogen-bond donors (Lipinski definition) is 4. The molecule has 0 aliphatic carbocycles. The van der Waals surface area contributed by atoms with Gasteiger partial charge in [0, 0.05) is 17.8 Å². The summed E-state index contributed by atoms with van der Waals surface area (Å²) in [4.78, 5) is 24.5. The Kier molecular flexibility index (Phi) is 9.35. The van der Waals surface area contributed by atoms with Gasteiger partial charge >= 0.3 is 0 Å². The van der Waals surface area contributed by atoms with E-state index in [0.29, 0.717) is 28.7 Å². The average molecular weight is 629 g/mol.